The maximum atomic E-state index is 12.2. The molecule has 3 fully saturated rings. The predicted molar refractivity (Wildman–Crippen MR) is 87.9 cm³/mol. The van der Waals surface area contributed by atoms with Crippen molar-refractivity contribution < 1.29 is 9.59 Å². The van der Waals surface area contributed by atoms with Crippen LogP contribution in [0.25, 0.3) is 0 Å². The normalized spacial score (nSPS) is 24.5. The first-order chi connectivity index (χ1) is 10.2. The SMILES string of the molecule is Cl.O=C(NCC1CC1)C1CCCN(C(=O)CNCC2CC2)C1. The number of likely N-dealkylation sites (tertiary alicyclic amines) is 1. The molecule has 3 rings (SSSR count). The van der Waals surface area contributed by atoms with Gasteiger partial charge < -0.3 is 15.5 Å². The molecule has 6 heteroatoms. The highest BCUT2D eigenvalue weighted by Crippen LogP contribution is 2.28. The molecule has 126 valence electrons. The van der Waals surface area contributed by atoms with Crippen molar-refractivity contribution in [2.75, 3.05) is 32.7 Å². The van der Waals surface area contributed by atoms with Crippen LogP contribution in [0.1, 0.15) is 38.5 Å². The second kappa shape index (κ2) is 8.16. The van der Waals surface area contributed by atoms with Gasteiger partial charge >= 0.3 is 0 Å². The predicted octanol–water partition coefficient (Wildman–Crippen LogP) is 1.17. The Morgan fingerprint density at radius 1 is 1.00 bits per heavy atom. The Balaban J connectivity index is 0.00000176. The van der Waals surface area contributed by atoms with E-state index in [9.17, 15) is 9.59 Å². The zero-order chi connectivity index (χ0) is 14.7. The number of piperidine rings is 1. The van der Waals surface area contributed by atoms with Crippen molar-refractivity contribution in [2.24, 2.45) is 17.8 Å². The van der Waals surface area contributed by atoms with Gasteiger partial charge in [0, 0.05) is 19.6 Å². The molecule has 2 saturated carbocycles. The number of amides is 2. The van der Waals surface area contributed by atoms with Gasteiger partial charge in [-0.15, -0.1) is 12.4 Å². The van der Waals surface area contributed by atoms with Crippen LogP contribution in [0.15, 0.2) is 0 Å². The monoisotopic (exact) mass is 329 g/mol. The van der Waals surface area contributed by atoms with Gasteiger partial charge in [-0.25, -0.2) is 0 Å². The third-order valence-corrected chi connectivity index (χ3v) is 4.81. The summed E-state index contributed by atoms with van der Waals surface area (Å²) in [5.74, 6) is 1.78. The van der Waals surface area contributed by atoms with Crippen LogP contribution in [-0.2, 0) is 9.59 Å². The highest BCUT2D eigenvalue weighted by atomic mass is 35.5. The number of nitrogens with one attached hydrogen (secondary N) is 2. The lowest BCUT2D eigenvalue weighted by Gasteiger charge is -2.32. The smallest absolute Gasteiger partial charge is 0.236 e. The number of hydrogen-bond donors (Lipinski definition) is 2. The van der Waals surface area contributed by atoms with Crippen LogP contribution in [0, 0.1) is 17.8 Å². The fourth-order valence-electron chi connectivity index (χ4n) is 2.95. The van der Waals surface area contributed by atoms with E-state index in [0.29, 0.717) is 19.0 Å². The molecule has 1 saturated heterocycles. The summed E-state index contributed by atoms with van der Waals surface area (Å²) in [5, 5.41) is 6.29. The minimum Gasteiger partial charge on any atom is -0.356 e. The van der Waals surface area contributed by atoms with Crippen LogP contribution in [0.3, 0.4) is 0 Å². The molecule has 0 spiro atoms. The zero-order valence-corrected chi connectivity index (χ0v) is 14.0. The van der Waals surface area contributed by atoms with Gasteiger partial charge in [0.25, 0.3) is 0 Å². The van der Waals surface area contributed by atoms with Gasteiger partial charge in [-0.3, -0.25) is 9.59 Å². The summed E-state index contributed by atoms with van der Waals surface area (Å²) < 4.78 is 0. The number of carbonyl (C=O) groups is 2. The van der Waals surface area contributed by atoms with E-state index < -0.39 is 0 Å². The molecule has 2 aliphatic carbocycles. The Labute approximate surface area is 139 Å². The van der Waals surface area contributed by atoms with Crippen molar-refractivity contribution >= 4 is 24.2 Å². The Kier molecular flexibility index (Phi) is 6.50. The number of halogens is 1. The Morgan fingerprint density at radius 3 is 2.36 bits per heavy atom. The van der Waals surface area contributed by atoms with Crippen LogP contribution in [0.4, 0.5) is 0 Å². The first-order valence-electron chi connectivity index (χ1n) is 8.48. The molecule has 0 radical (unpaired) electrons. The minimum absolute atomic E-state index is 0. The number of hydrogen-bond acceptors (Lipinski definition) is 3. The molecular formula is C16H28ClN3O2. The van der Waals surface area contributed by atoms with E-state index in [1.165, 1.54) is 25.7 Å². The average molecular weight is 330 g/mol. The van der Waals surface area contributed by atoms with Gasteiger partial charge in [-0.1, -0.05) is 0 Å². The molecule has 0 aromatic rings. The maximum absolute atomic E-state index is 12.2. The van der Waals surface area contributed by atoms with Crippen molar-refractivity contribution in [3.05, 3.63) is 0 Å². The van der Waals surface area contributed by atoms with Crippen LogP contribution < -0.4 is 10.6 Å². The molecule has 0 aromatic carbocycles. The second-order valence-corrected chi connectivity index (χ2v) is 6.94. The first-order valence-corrected chi connectivity index (χ1v) is 8.48. The molecule has 2 N–H and O–H groups in total. The van der Waals surface area contributed by atoms with Crippen molar-refractivity contribution in [3.63, 3.8) is 0 Å². The van der Waals surface area contributed by atoms with Gasteiger partial charge in [0.2, 0.25) is 11.8 Å². The molecule has 1 aliphatic heterocycles. The highest BCUT2D eigenvalue weighted by molar-refractivity contribution is 5.85. The fourth-order valence-corrected chi connectivity index (χ4v) is 2.95. The van der Waals surface area contributed by atoms with Crippen molar-refractivity contribution in [1.29, 1.82) is 0 Å². The van der Waals surface area contributed by atoms with Gasteiger partial charge in [-0.2, -0.15) is 0 Å². The van der Waals surface area contributed by atoms with Gasteiger partial charge in [0.1, 0.15) is 0 Å². The molecule has 0 aromatic heterocycles. The molecule has 3 aliphatic rings. The van der Waals surface area contributed by atoms with Gasteiger partial charge in [0.05, 0.1) is 12.5 Å². The van der Waals surface area contributed by atoms with E-state index in [4.69, 9.17) is 0 Å². The van der Waals surface area contributed by atoms with E-state index >= 15 is 0 Å². The molecule has 1 heterocycles. The molecule has 1 unspecified atom stereocenters. The van der Waals surface area contributed by atoms with Gasteiger partial charge in [-0.05, 0) is 56.9 Å². The van der Waals surface area contributed by atoms with Gasteiger partial charge in [0.15, 0.2) is 0 Å². The summed E-state index contributed by atoms with van der Waals surface area (Å²) in [6.07, 6.45) is 6.96. The van der Waals surface area contributed by atoms with Crippen LogP contribution in [0.5, 0.6) is 0 Å². The fraction of sp³-hybridized carbons (Fsp3) is 0.875. The maximum Gasteiger partial charge on any atom is 0.236 e. The van der Waals surface area contributed by atoms with Crippen LogP contribution in [-0.4, -0.2) is 49.4 Å². The van der Waals surface area contributed by atoms with Crippen molar-refractivity contribution in [3.8, 4) is 0 Å². The Morgan fingerprint density at radius 2 is 1.68 bits per heavy atom. The lowest BCUT2D eigenvalue weighted by Crippen LogP contribution is -2.48. The summed E-state index contributed by atoms with van der Waals surface area (Å²) >= 11 is 0. The van der Waals surface area contributed by atoms with E-state index in [1.54, 1.807) is 0 Å². The highest BCUT2D eigenvalue weighted by Gasteiger charge is 2.30. The van der Waals surface area contributed by atoms with Crippen molar-refractivity contribution in [2.45, 2.75) is 38.5 Å². The summed E-state index contributed by atoms with van der Waals surface area (Å²) in [7, 11) is 0. The topological polar surface area (TPSA) is 61.4 Å². The molecule has 5 nitrogen and oxygen atoms in total. The summed E-state index contributed by atoms with van der Waals surface area (Å²) in [6.45, 7) is 3.61. The van der Waals surface area contributed by atoms with E-state index in [-0.39, 0.29) is 30.1 Å². The Bertz CT molecular complexity index is 397. The van der Waals surface area contributed by atoms with Crippen LogP contribution in [0.2, 0.25) is 0 Å². The third-order valence-electron chi connectivity index (χ3n) is 4.81. The van der Waals surface area contributed by atoms with E-state index in [1.807, 2.05) is 4.90 Å². The number of carbonyl (C=O) groups excluding carboxylic acids is 2. The molecule has 22 heavy (non-hydrogen) atoms. The number of rotatable bonds is 7. The quantitative estimate of drug-likeness (QED) is 0.737. The molecule has 0 bridgehead atoms. The Hall–Kier alpha value is -0.810. The van der Waals surface area contributed by atoms with E-state index in [2.05, 4.69) is 10.6 Å². The lowest BCUT2D eigenvalue weighted by atomic mass is 9.97. The minimum atomic E-state index is -0.00937. The third kappa shape index (κ3) is 5.43. The molecular weight excluding hydrogens is 302 g/mol. The standard InChI is InChI=1S/C16H27N3O2.ClH/c20-15(10-17-8-12-3-4-12)19-7-1-2-14(11-19)16(21)18-9-13-5-6-13;/h12-14,17H,1-11H2,(H,18,21);1H. The van der Waals surface area contributed by atoms with E-state index in [0.717, 1.165) is 38.4 Å². The average Bonchev–Trinajstić information content (AvgIpc) is 3.38. The molecule has 1 atom stereocenters. The van der Waals surface area contributed by atoms with Crippen LogP contribution >= 0.6 is 12.4 Å². The second-order valence-electron chi connectivity index (χ2n) is 6.94. The first kappa shape index (κ1) is 17.5. The lowest BCUT2D eigenvalue weighted by molar-refractivity contribution is -0.135. The van der Waals surface area contributed by atoms with Crippen molar-refractivity contribution in [1.82, 2.24) is 15.5 Å². The zero-order valence-electron chi connectivity index (χ0n) is 13.2. The summed E-state index contributed by atoms with van der Waals surface area (Å²) in [4.78, 5) is 26.2. The summed E-state index contributed by atoms with van der Waals surface area (Å²) in [5.41, 5.74) is 0. The summed E-state index contributed by atoms with van der Waals surface area (Å²) in [6, 6.07) is 0. The largest absolute Gasteiger partial charge is 0.356 e. The molecule has 2 amide bonds. The number of nitrogens with zero attached hydrogens (tertiary/aromatic N) is 1.